The molecular formula is C9H9ClNOS-. The van der Waals surface area contributed by atoms with Gasteiger partial charge in [0.25, 0.3) is 0 Å². The van der Waals surface area contributed by atoms with Crippen molar-refractivity contribution in [2.75, 3.05) is 0 Å². The van der Waals surface area contributed by atoms with Crippen LogP contribution in [0.15, 0.2) is 28.7 Å². The van der Waals surface area contributed by atoms with Crippen LogP contribution in [0.4, 0.5) is 0 Å². The predicted octanol–water partition coefficient (Wildman–Crippen LogP) is 2.26. The Bertz CT molecular complexity index is 360. The molecule has 0 bridgehead atoms. The molecule has 0 saturated carbocycles. The lowest BCUT2D eigenvalue weighted by Crippen LogP contribution is -1.85. The number of hydrogen-bond acceptors (Lipinski definition) is 2. The Morgan fingerprint density at radius 3 is 2.62 bits per heavy atom. The maximum Gasteiger partial charge on any atom is 0.0406 e. The highest BCUT2D eigenvalue weighted by Crippen LogP contribution is 2.09. The van der Waals surface area contributed by atoms with Crippen molar-refractivity contribution in [1.82, 2.24) is 0 Å². The van der Waals surface area contributed by atoms with Gasteiger partial charge in [0.1, 0.15) is 0 Å². The van der Waals surface area contributed by atoms with Crippen LogP contribution in [0.2, 0.25) is 5.02 Å². The van der Waals surface area contributed by atoms with Crippen molar-refractivity contribution < 1.29 is 4.21 Å². The van der Waals surface area contributed by atoms with Crippen LogP contribution < -0.4 is 0 Å². The number of halogens is 1. The topological polar surface area (TPSA) is 29.4 Å². The Kier molecular flexibility index (Phi) is 3.99. The van der Waals surface area contributed by atoms with E-state index in [0.29, 0.717) is 11.4 Å². The molecule has 0 aliphatic heterocycles. The molecule has 0 radical (unpaired) electrons. The lowest BCUT2D eigenvalue weighted by molar-refractivity contribution is 0.604. The summed E-state index contributed by atoms with van der Waals surface area (Å²) >= 11 is 5.70. The first-order valence-electron chi connectivity index (χ1n) is 3.67. The monoisotopic (exact) mass is 214 g/mol. The van der Waals surface area contributed by atoms with Crippen LogP contribution in [0.3, 0.4) is 0 Å². The van der Waals surface area contributed by atoms with Crippen molar-refractivity contribution in [3.8, 4) is 0 Å². The van der Waals surface area contributed by atoms with Crippen LogP contribution in [0.1, 0.15) is 5.56 Å². The van der Waals surface area contributed by atoms with Crippen LogP contribution in [0.25, 0.3) is 0 Å². The summed E-state index contributed by atoms with van der Waals surface area (Å²) in [6.45, 7) is 0. The predicted molar refractivity (Wildman–Crippen MR) is 58.8 cm³/mol. The first kappa shape index (κ1) is 10.3. The smallest absolute Gasteiger partial charge is 0.0406 e. The minimum Gasteiger partial charge on any atom is -0.441 e. The van der Waals surface area contributed by atoms with Gasteiger partial charge in [-0.15, -0.1) is 0 Å². The zero-order chi connectivity index (χ0) is 9.68. The summed E-state index contributed by atoms with van der Waals surface area (Å²) in [5.74, 6) is 3.24. The molecular weight excluding hydrogens is 206 g/mol. The first-order valence-corrected chi connectivity index (χ1v) is 5.32. The van der Waals surface area contributed by atoms with Gasteiger partial charge in [0, 0.05) is 11.4 Å². The third kappa shape index (κ3) is 4.10. The maximum absolute atomic E-state index is 10.5. The molecule has 0 spiro atoms. The molecule has 0 aliphatic rings. The minimum absolute atomic E-state index is 0.651. The summed E-state index contributed by atoms with van der Waals surface area (Å²) in [4.78, 5) is 0. The summed E-state index contributed by atoms with van der Waals surface area (Å²) in [6.07, 6.45) is 2.24. The molecule has 0 saturated heterocycles. The van der Waals surface area contributed by atoms with Crippen LogP contribution in [0, 0.1) is 0 Å². The molecule has 0 atom stereocenters. The van der Waals surface area contributed by atoms with Crippen LogP contribution in [0.5, 0.6) is 0 Å². The van der Waals surface area contributed by atoms with Gasteiger partial charge in [-0.05, 0) is 23.9 Å². The molecule has 0 aromatic heterocycles. The van der Waals surface area contributed by atoms with Crippen molar-refractivity contribution in [1.29, 1.82) is 0 Å². The van der Waals surface area contributed by atoms with Crippen molar-refractivity contribution in [2.45, 2.75) is 6.42 Å². The van der Waals surface area contributed by atoms with E-state index in [9.17, 15) is 4.21 Å². The van der Waals surface area contributed by atoms with Crippen molar-refractivity contribution in [3.05, 3.63) is 34.9 Å². The fourth-order valence-corrected chi connectivity index (χ4v) is 1.21. The van der Waals surface area contributed by atoms with E-state index >= 15 is 0 Å². The second-order valence-corrected chi connectivity index (χ2v) is 3.73. The Hall–Kier alpha value is -0.800. The lowest BCUT2D eigenvalue weighted by Gasteiger charge is -1.96. The van der Waals surface area contributed by atoms with Gasteiger partial charge in [-0.25, -0.2) is 0 Å². The molecule has 1 aromatic rings. The molecule has 0 aliphatic carbocycles. The van der Waals surface area contributed by atoms with Gasteiger partial charge in [-0.1, -0.05) is 23.7 Å². The first-order chi connectivity index (χ1) is 6.18. The van der Waals surface area contributed by atoms with Gasteiger partial charge in [-0.2, -0.15) is 16.4 Å². The number of hydrogen-bond donors (Lipinski definition) is 0. The van der Waals surface area contributed by atoms with E-state index in [1.54, 1.807) is 6.21 Å². The fourth-order valence-electron chi connectivity index (χ4n) is 0.846. The minimum atomic E-state index is -1.35. The zero-order valence-electron chi connectivity index (χ0n) is 6.94. The molecule has 4 heteroatoms. The summed E-state index contributed by atoms with van der Waals surface area (Å²) in [5, 5.41) is 0.710. The van der Waals surface area contributed by atoms with Crippen LogP contribution in [-0.4, -0.2) is 12.1 Å². The molecule has 2 nitrogen and oxygen atoms in total. The highest BCUT2D eigenvalue weighted by atomic mass is 35.5. The lowest BCUT2D eigenvalue weighted by atomic mass is 10.2. The van der Waals surface area contributed by atoms with Gasteiger partial charge in [0.05, 0.1) is 0 Å². The molecule has 0 amide bonds. The normalized spacial score (nSPS) is 11.2. The third-order valence-electron chi connectivity index (χ3n) is 1.43. The molecule has 0 unspecified atom stereocenters. The summed E-state index contributed by atoms with van der Waals surface area (Å²) in [6, 6.07) is 7.43. The van der Waals surface area contributed by atoms with E-state index in [0.717, 1.165) is 5.56 Å². The molecule has 0 N–H and O–H groups in total. The largest absolute Gasteiger partial charge is 0.441 e. The quantitative estimate of drug-likeness (QED) is 0.431. The zero-order valence-corrected chi connectivity index (χ0v) is 8.52. The fraction of sp³-hybridized carbons (Fsp3) is 0.111. The van der Waals surface area contributed by atoms with E-state index < -0.39 is 10.6 Å². The van der Waals surface area contributed by atoms with E-state index in [2.05, 4.69) is 10.3 Å². The molecule has 0 fully saturated rings. The Morgan fingerprint density at radius 1 is 1.46 bits per heavy atom. The van der Waals surface area contributed by atoms with Gasteiger partial charge in [-0.3, -0.25) is 0 Å². The SMILES string of the molecule is C=[S-](=O)/N=C/Cc1ccc(Cl)cc1. The van der Waals surface area contributed by atoms with Crippen molar-refractivity contribution in [3.63, 3.8) is 0 Å². The van der Waals surface area contributed by atoms with E-state index in [4.69, 9.17) is 11.6 Å². The van der Waals surface area contributed by atoms with Gasteiger partial charge >= 0.3 is 0 Å². The standard InChI is InChI=1S/C9H9ClNOS/c1-13(12)11-7-6-8-2-4-9(10)5-3-8/h2-5,7H,1,6H2/q-1/b11-7+. The van der Waals surface area contributed by atoms with E-state index in [1.165, 1.54) is 0 Å². The number of rotatable bonds is 3. The summed E-state index contributed by atoms with van der Waals surface area (Å²) in [7, 11) is -1.35. The van der Waals surface area contributed by atoms with Crippen molar-refractivity contribution in [2.24, 2.45) is 4.40 Å². The maximum atomic E-state index is 10.5. The Morgan fingerprint density at radius 2 is 2.08 bits per heavy atom. The van der Waals surface area contributed by atoms with E-state index in [1.807, 2.05) is 24.3 Å². The average molecular weight is 215 g/mol. The summed E-state index contributed by atoms with van der Waals surface area (Å²) < 4.78 is 14.1. The molecule has 70 valence electrons. The second-order valence-electron chi connectivity index (χ2n) is 2.44. The van der Waals surface area contributed by atoms with Gasteiger partial charge in [0.15, 0.2) is 0 Å². The van der Waals surface area contributed by atoms with Gasteiger partial charge < -0.3 is 8.61 Å². The number of nitrogens with zero attached hydrogens (tertiary/aromatic N) is 1. The molecule has 1 aromatic carbocycles. The number of benzene rings is 1. The highest BCUT2D eigenvalue weighted by molar-refractivity contribution is 7.81. The Labute approximate surface area is 84.4 Å². The van der Waals surface area contributed by atoms with Crippen molar-refractivity contribution >= 4 is 34.3 Å². The molecule has 13 heavy (non-hydrogen) atoms. The van der Waals surface area contributed by atoms with Crippen LogP contribution >= 0.6 is 11.6 Å². The highest BCUT2D eigenvalue weighted by Gasteiger charge is 1.88. The van der Waals surface area contributed by atoms with Crippen LogP contribution in [-0.2, 0) is 21.2 Å². The Balaban J connectivity index is 2.60. The second kappa shape index (κ2) is 5.04. The summed E-state index contributed by atoms with van der Waals surface area (Å²) in [5.41, 5.74) is 1.08. The third-order valence-corrected chi connectivity index (χ3v) is 2.07. The van der Waals surface area contributed by atoms with E-state index in [-0.39, 0.29) is 0 Å². The van der Waals surface area contributed by atoms with Gasteiger partial charge in [0.2, 0.25) is 0 Å². The molecule has 0 heterocycles. The molecule has 1 rings (SSSR count). The average Bonchev–Trinajstić information content (AvgIpc) is 2.08.